The van der Waals surface area contributed by atoms with Gasteiger partial charge in [-0.3, -0.25) is 29.8 Å². The number of rotatable bonds is 6. The van der Waals surface area contributed by atoms with E-state index < -0.39 is 69.9 Å². The van der Waals surface area contributed by atoms with E-state index in [1.165, 1.54) is 0 Å². The van der Waals surface area contributed by atoms with E-state index in [-0.39, 0.29) is 5.56 Å². The van der Waals surface area contributed by atoms with Gasteiger partial charge in [0.25, 0.3) is 17.8 Å². The molecule has 1 heterocycles. The second kappa shape index (κ2) is 7.29. The maximum Gasteiger partial charge on any atom is 0.432 e. The van der Waals surface area contributed by atoms with Crippen molar-refractivity contribution in [3.63, 3.8) is 0 Å². The highest BCUT2D eigenvalue weighted by Gasteiger charge is 2.59. The second-order valence-electron chi connectivity index (χ2n) is 6.06. The van der Waals surface area contributed by atoms with Crippen LogP contribution in [-0.4, -0.2) is 39.7 Å². The summed E-state index contributed by atoms with van der Waals surface area (Å²) in [6, 6.07) is 0.262. The first-order chi connectivity index (χ1) is 12.4. The van der Waals surface area contributed by atoms with Crippen molar-refractivity contribution in [2.45, 2.75) is 44.0 Å². The number of benzene rings is 1. The molecule has 0 N–H and O–H groups in total. The lowest BCUT2D eigenvalue weighted by molar-refractivity contribution is -0.548. The fourth-order valence-electron chi connectivity index (χ4n) is 2.99. The van der Waals surface area contributed by atoms with Gasteiger partial charge in [-0.05, 0) is 13.0 Å². The molecule has 1 aromatic carbocycles. The topological polar surface area (TPSA) is 130 Å². The smallest absolute Gasteiger partial charge is 0.432 e. The number of carbonyl (C=O) groups is 2. The van der Waals surface area contributed by atoms with Crippen LogP contribution in [0.1, 0.15) is 31.2 Å². The van der Waals surface area contributed by atoms with Gasteiger partial charge >= 0.3 is 6.18 Å². The Morgan fingerprint density at radius 2 is 1.85 bits per heavy atom. The molecule has 9 nitrogen and oxygen atoms in total. The van der Waals surface area contributed by atoms with Crippen LogP contribution in [-0.2, 0) is 9.59 Å². The average Bonchev–Trinajstić information content (AvgIpc) is 2.51. The molecular formula is C15H13F3N2O7. The number of nitro groups is 2. The van der Waals surface area contributed by atoms with E-state index in [9.17, 15) is 43.0 Å². The molecule has 12 heteroatoms. The van der Waals surface area contributed by atoms with Crippen LogP contribution in [0.3, 0.4) is 0 Å². The number of alkyl halides is 3. The molecule has 0 unspecified atom stereocenters. The predicted molar refractivity (Wildman–Crippen MR) is 82.0 cm³/mol. The van der Waals surface area contributed by atoms with Crippen molar-refractivity contribution in [3.8, 4) is 5.75 Å². The maximum absolute atomic E-state index is 13.3. The Hall–Kier alpha value is -3.05. The van der Waals surface area contributed by atoms with Crippen molar-refractivity contribution in [1.29, 1.82) is 0 Å². The number of halogens is 3. The lowest BCUT2D eigenvalue weighted by Gasteiger charge is -2.34. The normalized spacial score (nSPS) is 21.7. The van der Waals surface area contributed by atoms with Crippen LogP contribution in [0.5, 0.6) is 5.75 Å². The highest BCUT2D eigenvalue weighted by Crippen LogP contribution is 2.45. The van der Waals surface area contributed by atoms with E-state index in [2.05, 4.69) is 0 Å². The van der Waals surface area contributed by atoms with Gasteiger partial charge in [-0.25, -0.2) is 0 Å². The molecule has 0 spiro atoms. The van der Waals surface area contributed by atoms with Crippen molar-refractivity contribution in [3.05, 3.63) is 44.0 Å². The fourth-order valence-corrected chi connectivity index (χ4v) is 2.99. The zero-order valence-corrected chi connectivity index (χ0v) is 13.8. The van der Waals surface area contributed by atoms with E-state index in [1.807, 2.05) is 0 Å². The molecule has 1 aliphatic heterocycles. The Kier molecular flexibility index (Phi) is 5.47. The monoisotopic (exact) mass is 390 g/mol. The lowest BCUT2D eigenvalue weighted by atomic mass is 9.81. The predicted octanol–water partition coefficient (Wildman–Crippen LogP) is 2.59. The summed E-state index contributed by atoms with van der Waals surface area (Å²) in [4.78, 5) is 43.3. The Morgan fingerprint density at radius 1 is 1.22 bits per heavy atom. The van der Waals surface area contributed by atoms with Gasteiger partial charge in [0.1, 0.15) is 17.3 Å². The summed E-state index contributed by atoms with van der Waals surface area (Å²) in [5.41, 5.74) is -0.766. The number of carbonyl (C=O) groups excluding carboxylic acids is 2. The first-order valence-corrected chi connectivity index (χ1v) is 7.58. The van der Waals surface area contributed by atoms with Crippen LogP contribution in [0.25, 0.3) is 0 Å². The second-order valence-corrected chi connectivity index (χ2v) is 6.06. The summed E-state index contributed by atoms with van der Waals surface area (Å²) in [5, 5.41) is 22.3. The van der Waals surface area contributed by atoms with E-state index in [0.717, 1.165) is 25.1 Å². The molecule has 0 saturated heterocycles. The van der Waals surface area contributed by atoms with E-state index in [1.54, 1.807) is 0 Å². The zero-order chi connectivity index (χ0) is 20.5. The molecule has 146 valence electrons. The molecule has 2 rings (SSSR count). The largest absolute Gasteiger partial charge is 0.473 e. The third-order valence-corrected chi connectivity index (χ3v) is 4.04. The maximum atomic E-state index is 13.3. The number of nitro benzene ring substituents is 1. The van der Waals surface area contributed by atoms with Crippen LogP contribution in [0.15, 0.2) is 18.2 Å². The van der Waals surface area contributed by atoms with E-state index in [0.29, 0.717) is 0 Å². The Labute approximate surface area is 149 Å². The molecule has 1 aromatic rings. The molecule has 0 amide bonds. The Bertz CT molecular complexity index is 809. The summed E-state index contributed by atoms with van der Waals surface area (Å²) in [7, 11) is 0. The SMILES string of the molecule is CC(=O)CC(=O)C[C@H]1c2cc([N+](=O)[O-])ccc2O[C@H](C(F)(F)F)[C@@H]1[N+](=O)[O-]. The average molecular weight is 390 g/mol. The van der Waals surface area contributed by atoms with Gasteiger partial charge in [0, 0.05) is 29.0 Å². The summed E-state index contributed by atoms with van der Waals surface area (Å²) < 4.78 is 44.6. The van der Waals surface area contributed by atoms with Crippen molar-refractivity contribution in [2.24, 2.45) is 0 Å². The van der Waals surface area contributed by atoms with Crippen molar-refractivity contribution >= 4 is 17.3 Å². The summed E-state index contributed by atoms with van der Waals surface area (Å²) in [6.07, 6.45) is -9.31. The van der Waals surface area contributed by atoms with Crippen molar-refractivity contribution in [1.82, 2.24) is 0 Å². The van der Waals surface area contributed by atoms with Gasteiger partial charge in [-0.2, -0.15) is 13.2 Å². The number of hydrogen-bond acceptors (Lipinski definition) is 7. The van der Waals surface area contributed by atoms with Gasteiger partial charge in [0.15, 0.2) is 0 Å². The minimum Gasteiger partial charge on any atom is -0.473 e. The van der Waals surface area contributed by atoms with Gasteiger partial charge in [0.05, 0.1) is 17.3 Å². The zero-order valence-electron chi connectivity index (χ0n) is 13.8. The first kappa shape index (κ1) is 20.3. The van der Waals surface area contributed by atoms with Gasteiger partial charge in [0.2, 0.25) is 0 Å². The highest BCUT2D eigenvalue weighted by molar-refractivity contribution is 5.98. The summed E-state index contributed by atoms with van der Waals surface area (Å²) in [6.45, 7) is 1.09. The third-order valence-electron chi connectivity index (χ3n) is 4.04. The van der Waals surface area contributed by atoms with Crippen LogP contribution in [0, 0.1) is 20.2 Å². The molecule has 3 atom stereocenters. The molecule has 0 aliphatic carbocycles. The van der Waals surface area contributed by atoms with Gasteiger partial charge in [-0.15, -0.1) is 0 Å². The quantitative estimate of drug-likeness (QED) is 0.414. The van der Waals surface area contributed by atoms with Crippen molar-refractivity contribution in [2.75, 3.05) is 0 Å². The minimum atomic E-state index is -5.11. The van der Waals surface area contributed by atoms with E-state index in [4.69, 9.17) is 4.74 Å². The first-order valence-electron chi connectivity index (χ1n) is 7.58. The van der Waals surface area contributed by atoms with Crippen LogP contribution in [0.2, 0.25) is 0 Å². The summed E-state index contributed by atoms with van der Waals surface area (Å²) in [5.74, 6) is -3.43. The van der Waals surface area contributed by atoms with Crippen LogP contribution < -0.4 is 4.74 Å². The fraction of sp³-hybridized carbons (Fsp3) is 0.467. The molecule has 0 radical (unpaired) electrons. The number of Topliss-reactive ketones (excluding diaryl/α,β-unsaturated/α-hetero) is 2. The van der Waals surface area contributed by atoms with Gasteiger partial charge in [-0.1, -0.05) is 0 Å². The van der Waals surface area contributed by atoms with Crippen LogP contribution >= 0.6 is 0 Å². The number of ketones is 2. The Morgan fingerprint density at radius 3 is 2.33 bits per heavy atom. The number of ether oxygens (including phenoxy) is 1. The van der Waals surface area contributed by atoms with E-state index >= 15 is 0 Å². The molecule has 27 heavy (non-hydrogen) atoms. The molecule has 1 aliphatic rings. The van der Waals surface area contributed by atoms with Gasteiger partial charge < -0.3 is 4.74 Å². The number of non-ortho nitro benzene ring substituents is 1. The minimum absolute atomic E-state index is 0.247. The summed E-state index contributed by atoms with van der Waals surface area (Å²) >= 11 is 0. The number of hydrogen-bond donors (Lipinski definition) is 0. The Balaban J connectivity index is 2.59. The molecule has 0 fully saturated rings. The lowest BCUT2D eigenvalue weighted by Crippen LogP contribution is -2.53. The molecule has 0 aromatic heterocycles. The number of nitrogens with zero attached hydrogens (tertiary/aromatic N) is 2. The molecular weight excluding hydrogens is 377 g/mol. The third kappa shape index (κ3) is 4.38. The molecule has 0 bridgehead atoms. The number of fused-ring (bicyclic) bond motifs is 1. The molecule has 0 saturated carbocycles. The van der Waals surface area contributed by atoms with Crippen LogP contribution in [0.4, 0.5) is 18.9 Å². The highest BCUT2D eigenvalue weighted by atomic mass is 19.4. The standard InChI is InChI=1S/C15H13F3N2O7/c1-7(21)4-9(22)6-11-10-5-8(19(23)24)2-3-12(10)27-14(15(16,17)18)13(11)20(25)26/h2-3,5,11,13-14H,4,6H2,1H3/t11-,13+,14-/m0/s1. The van der Waals surface area contributed by atoms with Crippen molar-refractivity contribution < 1.29 is 37.3 Å².